The number of rotatable bonds is 4. The molecule has 1 aromatic rings. The molecule has 0 spiro atoms. The number of benzene rings is 1. The van der Waals surface area contributed by atoms with Crippen LogP contribution in [0.3, 0.4) is 0 Å². The maximum absolute atomic E-state index is 13.5. The van der Waals surface area contributed by atoms with Crippen LogP contribution in [0.25, 0.3) is 0 Å². The van der Waals surface area contributed by atoms with Crippen LogP contribution < -0.4 is 0 Å². The van der Waals surface area contributed by atoms with E-state index < -0.39 is 17.2 Å². The number of amides is 2. The lowest BCUT2D eigenvalue weighted by Gasteiger charge is -2.38. The molecule has 2 amide bonds. The summed E-state index contributed by atoms with van der Waals surface area (Å²) in [6.45, 7) is 8.98. The molecule has 2 heterocycles. The minimum atomic E-state index is -0.849. The van der Waals surface area contributed by atoms with E-state index in [-0.39, 0.29) is 29.9 Å². The summed E-state index contributed by atoms with van der Waals surface area (Å²) in [7, 11) is 0. The molecule has 7 heteroatoms. The van der Waals surface area contributed by atoms with Crippen molar-refractivity contribution in [2.45, 2.75) is 64.5 Å². The van der Waals surface area contributed by atoms with Crippen molar-refractivity contribution in [3.63, 3.8) is 0 Å². The molecule has 2 fully saturated rings. The average Bonchev–Trinajstić information content (AvgIpc) is 2.96. The highest BCUT2D eigenvalue weighted by atomic mass is 19.2. The smallest absolute Gasteiger partial charge is 0.410 e. The second-order valence-electron chi connectivity index (χ2n) is 9.20. The summed E-state index contributed by atoms with van der Waals surface area (Å²) in [5.74, 6) is -1.61. The van der Waals surface area contributed by atoms with Crippen molar-refractivity contribution in [2.75, 3.05) is 19.6 Å². The maximum atomic E-state index is 13.5. The van der Waals surface area contributed by atoms with Crippen molar-refractivity contribution in [3.8, 4) is 0 Å². The molecule has 1 unspecified atom stereocenters. The first-order valence-electron chi connectivity index (χ1n) is 10.3. The van der Waals surface area contributed by atoms with E-state index in [0.29, 0.717) is 32.5 Å². The molecule has 0 N–H and O–H groups in total. The van der Waals surface area contributed by atoms with Crippen LogP contribution in [0, 0.1) is 17.6 Å². The molecule has 0 aromatic heterocycles. The van der Waals surface area contributed by atoms with E-state index in [1.165, 1.54) is 6.07 Å². The number of piperazine rings is 1. The normalized spacial score (nSPS) is 23.2. The van der Waals surface area contributed by atoms with E-state index in [2.05, 4.69) is 0 Å². The minimum Gasteiger partial charge on any atom is -0.444 e. The number of hydrogen-bond acceptors (Lipinski definition) is 3. The van der Waals surface area contributed by atoms with Gasteiger partial charge in [-0.15, -0.1) is 0 Å². The second kappa shape index (κ2) is 8.28. The summed E-state index contributed by atoms with van der Waals surface area (Å²) in [6, 6.07) is 4.00. The molecule has 2 aliphatic heterocycles. The van der Waals surface area contributed by atoms with Crippen LogP contribution in [0.4, 0.5) is 13.6 Å². The van der Waals surface area contributed by atoms with Gasteiger partial charge in [-0.05, 0) is 63.6 Å². The Morgan fingerprint density at radius 1 is 1.24 bits per heavy atom. The van der Waals surface area contributed by atoms with Crippen LogP contribution in [-0.2, 0) is 9.53 Å². The number of hydrogen-bond donors (Lipinski definition) is 0. The fourth-order valence-electron chi connectivity index (χ4n) is 4.18. The first kappa shape index (κ1) is 21.5. The minimum absolute atomic E-state index is 0.0207. The van der Waals surface area contributed by atoms with Crippen LogP contribution in [0.15, 0.2) is 18.2 Å². The van der Waals surface area contributed by atoms with Gasteiger partial charge >= 0.3 is 6.09 Å². The van der Waals surface area contributed by atoms with Gasteiger partial charge in [-0.2, -0.15) is 0 Å². The third-order valence-corrected chi connectivity index (χ3v) is 5.78. The molecule has 0 aliphatic carbocycles. The molecule has 0 radical (unpaired) electrons. The van der Waals surface area contributed by atoms with Crippen LogP contribution in [0.2, 0.25) is 0 Å². The highest BCUT2D eigenvalue weighted by Gasteiger charge is 2.43. The van der Waals surface area contributed by atoms with E-state index in [1.54, 1.807) is 11.0 Å². The van der Waals surface area contributed by atoms with Crippen molar-refractivity contribution in [3.05, 3.63) is 35.4 Å². The summed E-state index contributed by atoms with van der Waals surface area (Å²) >= 11 is 0. The standard InChI is InChI=1S/C22H30F2N2O3/c1-14(15-7-8-18(23)19(24)12-15)5-6-16-11-17-13-25(9-10-26(17)20(16)27)21(28)29-22(2,3)4/h7-8,12,14,16-17H,5-6,9-11,13H2,1-4H3/t14?,16-,17-/m0/s1. The maximum Gasteiger partial charge on any atom is 0.410 e. The van der Waals surface area contributed by atoms with E-state index in [9.17, 15) is 18.4 Å². The summed E-state index contributed by atoms with van der Waals surface area (Å²) in [4.78, 5) is 28.7. The molecule has 2 aliphatic rings. The summed E-state index contributed by atoms with van der Waals surface area (Å²) in [6.07, 6.45) is 1.79. The number of fused-ring (bicyclic) bond motifs is 1. The monoisotopic (exact) mass is 408 g/mol. The number of ether oxygens (including phenoxy) is 1. The van der Waals surface area contributed by atoms with Crippen molar-refractivity contribution in [1.29, 1.82) is 0 Å². The van der Waals surface area contributed by atoms with Gasteiger partial charge < -0.3 is 14.5 Å². The predicted octanol–water partition coefficient (Wildman–Crippen LogP) is 4.32. The Bertz CT molecular complexity index is 778. The lowest BCUT2D eigenvalue weighted by Crippen LogP contribution is -2.54. The van der Waals surface area contributed by atoms with Crippen molar-refractivity contribution < 1.29 is 23.1 Å². The van der Waals surface area contributed by atoms with Crippen LogP contribution >= 0.6 is 0 Å². The Morgan fingerprint density at radius 2 is 1.97 bits per heavy atom. The van der Waals surface area contributed by atoms with Crippen LogP contribution in [-0.4, -0.2) is 53.1 Å². The van der Waals surface area contributed by atoms with E-state index in [0.717, 1.165) is 18.1 Å². The summed E-state index contributed by atoms with van der Waals surface area (Å²) < 4.78 is 32.1. The van der Waals surface area contributed by atoms with Gasteiger partial charge in [-0.1, -0.05) is 13.0 Å². The molecule has 2 saturated heterocycles. The SMILES string of the molecule is CC(CC[C@H]1C[C@H]2CN(C(=O)OC(C)(C)C)CCN2C1=O)c1ccc(F)c(F)c1. The van der Waals surface area contributed by atoms with Gasteiger partial charge in [0.15, 0.2) is 11.6 Å². The van der Waals surface area contributed by atoms with Gasteiger partial charge in [0.05, 0.1) is 6.04 Å². The molecule has 3 atom stereocenters. The van der Waals surface area contributed by atoms with Gasteiger partial charge in [0.1, 0.15) is 5.60 Å². The molecule has 5 nitrogen and oxygen atoms in total. The first-order valence-corrected chi connectivity index (χ1v) is 10.3. The third-order valence-electron chi connectivity index (χ3n) is 5.78. The van der Waals surface area contributed by atoms with Gasteiger partial charge in [-0.3, -0.25) is 4.79 Å². The van der Waals surface area contributed by atoms with E-state index >= 15 is 0 Å². The quantitative estimate of drug-likeness (QED) is 0.746. The first-order chi connectivity index (χ1) is 13.5. The predicted molar refractivity (Wildman–Crippen MR) is 105 cm³/mol. The molecule has 29 heavy (non-hydrogen) atoms. The van der Waals surface area contributed by atoms with Crippen LogP contribution in [0.5, 0.6) is 0 Å². The lowest BCUT2D eigenvalue weighted by molar-refractivity contribution is -0.133. The molecule has 0 saturated carbocycles. The lowest BCUT2D eigenvalue weighted by atomic mass is 9.90. The van der Waals surface area contributed by atoms with Crippen LogP contribution in [0.1, 0.15) is 58.4 Å². The van der Waals surface area contributed by atoms with Crippen molar-refractivity contribution >= 4 is 12.0 Å². The van der Waals surface area contributed by atoms with Gasteiger partial charge in [0.25, 0.3) is 0 Å². The van der Waals surface area contributed by atoms with E-state index in [1.807, 2.05) is 32.6 Å². The fourth-order valence-corrected chi connectivity index (χ4v) is 4.18. The Labute approximate surface area is 171 Å². The third kappa shape index (κ3) is 5.06. The van der Waals surface area contributed by atoms with Crippen molar-refractivity contribution in [2.24, 2.45) is 5.92 Å². The van der Waals surface area contributed by atoms with Crippen molar-refractivity contribution in [1.82, 2.24) is 9.80 Å². The van der Waals surface area contributed by atoms with Gasteiger partial charge in [0, 0.05) is 25.6 Å². The summed E-state index contributed by atoms with van der Waals surface area (Å²) in [5, 5.41) is 0. The molecule has 160 valence electrons. The largest absolute Gasteiger partial charge is 0.444 e. The molecule has 0 bridgehead atoms. The molecule has 1 aromatic carbocycles. The number of nitrogens with zero attached hydrogens (tertiary/aromatic N) is 2. The number of carbonyl (C=O) groups excluding carboxylic acids is 2. The Kier molecular flexibility index (Phi) is 6.15. The second-order valence-corrected chi connectivity index (χ2v) is 9.20. The molecular weight excluding hydrogens is 378 g/mol. The van der Waals surface area contributed by atoms with Gasteiger partial charge in [0.2, 0.25) is 5.91 Å². The Morgan fingerprint density at radius 3 is 2.62 bits per heavy atom. The van der Waals surface area contributed by atoms with Gasteiger partial charge in [-0.25, -0.2) is 13.6 Å². The Hall–Kier alpha value is -2.18. The molecular formula is C22H30F2N2O3. The zero-order chi connectivity index (χ0) is 21.3. The highest BCUT2D eigenvalue weighted by Crippen LogP contribution is 2.33. The average molecular weight is 408 g/mol. The number of carbonyl (C=O) groups is 2. The molecule has 3 rings (SSSR count). The zero-order valence-electron chi connectivity index (χ0n) is 17.6. The summed E-state index contributed by atoms with van der Waals surface area (Å²) in [5.41, 5.74) is 0.196. The van der Waals surface area contributed by atoms with E-state index in [4.69, 9.17) is 4.74 Å². The fraction of sp³-hybridized carbons (Fsp3) is 0.636. The Balaban J connectivity index is 1.55. The highest BCUT2D eigenvalue weighted by molar-refractivity contribution is 5.82. The zero-order valence-corrected chi connectivity index (χ0v) is 17.6. The topological polar surface area (TPSA) is 49.9 Å². The number of halogens is 2.